The fourth-order valence-corrected chi connectivity index (χ4v) is 2.05. The molecule has 0 spiro atoms. The van der Waals surface area contributed by atoms with Crippen molar-refractivity contribution in [3.05, 3.63) is 53.6 Å². The zero-order chi connectivity index (χ0) is 16.7. The lowest BCUT2D eigenvalue weighted by molar-refractivity contribution is 0.482. The van der Waals surface area contributed by atoms with E-state index in [9.17, 15) is 0 Å². The quantitative estimate of drug-likeness (QED) is 0.622. The van der Waals surface area contributed by atoms with Crippen LogP contribution >= 0.6 is 0 Å². The van der Waals surface area contributed by atoms with Crippen LogP contribution in [0.1, 0.15) is 11.1 Å². The molecular weight excluding hydrogens is 286 g/mol. The molecule has 1 N–H and O–H groups in total. The lowest BCUT2D eigenvalue weighted by Gasteiger charge is -2.13. The summed E-state index contributed by atoms with van der Waals surface area (Å²) in [5.74, 6) is 1.59. The smallest absolute Gasteiger partial charge is 0.153 e. The Morgan fingerprint density at radius 3 is 2.48 bits per heavy atom. The summed E-state index contributed by atoms with van der Waals surface area (Å²) in [6, 6.07) is 14.1. The summed E-state index contributed by atoms with van der Waals surface area (Å²) in [6.45, 7) is 5.94. The Balaban J connectivity index is 2.16. The fourth-order valence-electron chi connectivity index (χ4n) is 2.05. The minimum absolute atomic E-state index is 0.770. The van der Waals surface area contributed by atoms with Crippen molar-refractivity contribution >= 4 is 12.0 Å². The van der Waals surface area contributed by atoms with Gasteiger partial charge in [0.05, 0.1) is 6.34 Å². The second-order valence-electron chi connectivity index (χ2n) is 5.72. The number of aliphatic imine (C=N–C) groups is 1. The monoisotopic (exact) mass is 311 g/mol. The Kier molecular flexibility index (Phi) is 6.18. The number of ether oxygens (including phenoxy) is 1. The summed E-state index contributed by atoms with van der Waals surface area (Å²) in [7, 11) is 3.95. The summed E-state index contributed by atoms with van der Waals surface area (Å²) in [4.78, 5) is 6.61. The van der Waals surface area contributed by atoms with Gasteiger partial charge in [0.15, 0.2) is 5.75 Å². The first-order chi connectivity index (χ1) is 11.1. The molecule has 0 saturated heterocycles. The van der Waals surface area contributed by atoms with E-state index in [4.69, 9.17) is 4.74 Å². The first-order valence-electron chi connectivity index (χ1n) is 7.82. The molecule has 2 aromatic rings. The first-order valence-corrected chi connectivity index (χ1v) is 7.82. The molecule has 0 fully saturated rings. The van der Waals surface area contributed by atoms with Crippen molar-refractivity contribution in [2.45, 2.75) is 13.8 Å². The van der Waals surface area contributed by atoms with Gasteiger partial charge in [-0.3, -0.25) is 0 Å². The summed E-state index contributed by atoms with van der Waals surface area (Å²) in [5, 5.41) is 3.12. The Morgan fingerprint density at radius 2 is 1.78 bits per heavy atom. The first kappa shape index (κ1) is 17.0. The second kappa shape index (κ2) is 8.34. The van der Waals surface area contributed by atoms with Crippen LogP contribution in [-0.2, 0) is 0 Å². The van der Waals surface area contributed by atoms with Gasteiger partial charge >= 0.3 is 0 Å². The van der Waals surface area contributed by atoms with E-state index in [0.29, 0.717) is 0 Å². The van der Waals surface area contributed by atoms with Crippen LogP contribution in [0.4, 0.5) is 5.69 Å². The van der Waals surface area contributed by atoms with Crippen LogP contribution in [0.5, 0.6) is 11.5 Å². The second-order valence-corrected chi connectivity index (χ2v) is 5.72. The largest absolute Gasteiger partial charge is 0.455 e. The van der Waals surface area contributed by atoms with Crippen molar-refractivity contribution in [2.24, 2.45) is 4.99 Å². The van der Waals surface area contributed by atoms with E-state index in [2.05, 4.69) is 24.2 Å². The third-order valence-electron chi connectivity index (χ3n) is 3.47. The van der Waals surface area contributed by atoms with Crippen molar-refractivity contribution in [2.75, 3.05) is 27.2 Å². The van der Waals surface area contributed by atoms with Crippen molar-refractivity contribution in [1.29, 1.82) is 0 Å². The maximum Gasteiger partial charge on any atom is 0.153 e. The number of hydrogen-bond donors (Lipinski definition) is 1. The summed E-state index contributed by atoms with van der Waals surface area (Å²) >= 11 is 0. The number of nitrogens with one attached hydrogen (secondary N) is 1. The summed E-state index contributed by atoms with van der Waals surface area (Å²) < 4.78 is 6.01. The Bertz CT molecular complexity index is 650. The van der Waals surface area contributed by atoms with Crippen molar-refractivity contribution in [3.63, 3.8) is 0 Å². The Labute approximate surface area is 138 Å². The van der Waals surface area contributed by atoms with Gasteiger partial charge in [0.2, 0.25) is 0 Å². The van der Waals surface area contributed by atoms with E-state index in [1.165, 1.54) is 5.56 Å². The number of nitrogens with zero attached hydrogens (tertiary/aromatic N) is 2. The third kappa shape index (κ3) is 5.42. The maximum absolute atomic E-state index is 6.01. The zero-order valence-electron chi connectivity index (χ0n) is 14.3. The predicted molar refractivity (Wildman–Crippen MR) is 97.1 cm³/mol. The molecule has 0 atom stereocenters. The zero-order valence-corrected chi connectivity index (χ0v) is 14.3. The van der Waals surface area contributed by atoms with Crippen LogP contribution in [0.25, 0.3) is 0 Å². The molecule has 0 aliphatic carbocycles. The number of aryl methyl sites for hydroxylation is 2. The third-order valence-corrected chi connectivity index (χ3v) is 3.47. The van der Waals surface area contributed by atoms with E-state index in [1.807, 2.05) is 67.8 Å². The number of likely N-dealkylation sites (N-methyl/N-ethyl adjacent to an activating group) is 2. The van der Waals surface area contributed by atoms with Crippen LogP contribution in [0.3, 0.4) is 0 Å². The normalized spacial score (nSPS) is 11.0. The Morgan fingerprint density at radius 1 is 1.09 bits per heavy atom. The molecule has 122 valence electrons. The maximum atomic E-state index is 6.01. The lowest BCUT2D eigenvalue weighted by Crippen LogP contribution is -2.26. The van der Waals surface area contributed by atoms with Gasteiger partial charge in [-0.05, 0) is 50.7 Å². The summed E-state index contributed by atoms with van der Waals surface area (Å²) in [6.07, 6.45) is 1.84. The van der Waals surface area contributed by atoms with Gasteiger partial charge in [0.25, 0.3) is 0 Å². The molecule has 0 saturated carbocycles. The molecule has 2 aromatic carbocycles. The lowest BCUT2D eigenvalue weighted by atomic mass is 10.2. The average molecular weight is 311 g/mol. The molecular formula is C19H25N3O. The molecule has 4 nitrogen and oxygen atoms in total. The average Bonchev–Trinajstić information content (AvgIpc) is 2.54. The van der Waals surface area contributed by atoms with Gasteiger partial charge < -0.3 is 15.0 Å². The van der Waals surface area contributed by atoms with Crippen molar-refractivity contribution in [1.82, 2.24) is 10.2 Å². The van der Waals surface area contributed by atoms with Crippen LogP contribution in [0, 0.1) is 13.8 Å². The number of benzene rings is 2. The molecule has 0 heterocycles. The molecule has 0 aliphatic rings. The molecule has 23 heavy (non-hydrogen) atoms. The van der Waals surface area contributed by atoms with Crippen molar-refractivity contribution in [3.8, 4) is 11.5 Å². The van der Waals surface area contributed by atoms with E-state index in [0.717, 1.165) is 35.8 Å². The molecule has 0 unspecified atom stereocenters. The highest BCUT2D eigenvalue weighted by molar-refractivity contribution is 5.65. The van der Waals surface area contributed by atoms with Crippen LogP contribution < -0.4 is 10.1 Å². The highest BCUT2D eigenvalue weighted by Gasteiger charge is 2.05. The molecule has 0 aromatic heterocycles. The Hall–Kier alpha value is -2.33. The molecule has 0 amide bonds. The highest BCUT2D eigenvalue weighted by atomic mass is 16.5. The van der Waals surface area contributed by atoms with Gasteiger partial charge in [-0.15, -0.1) is 0 Å². The molecule has 0 radical (unpaired) electrons. The van der Waals surface area contributed by atoms with Crippen LogP contribution in [0.2, 0.25) is 0 Å². The van der Waals surface area contributed by atoms with E-state index >= 15 is 0 Å². The van der Waals surface area contributed by atoms with Gasteiger partial charge in [-0.2, -0.15) is 0 Å². The van der Waals surface area contributed by atoms with E-state index in [-0.39, 0.29) is 0 Å². The van der Waals surface area contributed by atoms with Crippen molar-refractivity contribution < 1.29 is 4.74 Å². The van der Waals surface area contributed by atoms with Gasteiger partial charge in [-0.1, -0.05) is 23.8 Å². The SMILES string of the molecule is CNCCN(C)C=Nc1ccc(C)cc1Oc1ccc(C)cc1. The number of hydrogen-bond acceptors (Lipinski definition) is 3. The summed E-state index contributed by atoms with van der Waals surface area (Å²) in [5.41, 5.74) is 3.19. The van der Waals surface area contributed by atoms with Crippen LogP contribution in [0.15, 0.2) is 47.5 Å². The number of rotatable bonds is 7. The fraction of sp³-hybridized carbons (Fsp3) is 0.316. The highest BCUT2D eigenvalue weighted by Crippen LogP contribution is 2.32. The van der Waals surface area contributed by atoms with Gasteiger partial charge in [0, 0.05) is 20.1 Å². The standard InChI is InChI=1S/C19H25N3O/c1-15-5-8-17(9-6-15)23-19-13-16(2)7-10-18(19)21-14-22(4)12-11-20-3/h5-10,13-14,20H,11-12H2,1-4H3. The van der Waals surface area contributed by atoms with Crippen LogP contribution in [-0.4, -0.2) is 38.4 Å². The van der Waals surface area contributed by atoms with E-state index in [1.54, 1.807) is 0 Å². The predicted octanol–water partition coefficient (Wildman–Crippen LogP) is 3.91. The molecule has 2 rings (SSSR count). The minimum atomic E-state index is 0.770. The molecule has 4 heteroatoms. The molecule has 0 aliphatic heterocycles. The van der Waals surface area contributed by atoms with Gasteiger partial charge in [0.1, 0.15) is 11.4 Å². The van der Waals surface area contributed by atoms with Gasteiger partial charge in [-0.25, -0.2) is 4.99 Å². The molecule has 0 bridgehead atoms. The topological polar surface area (TPSA) is 36.9 Å². The van der Waals surface area contributed by atoms with E-state index < -0.39 is 0 Å². The minimum Gasteiger partial charge on any atom is -0.455 e.